The second kappa shape index (κ2) is 12.2. The van der Waals surface area contributed by atoms with Gasteiger partial charge in [0, 0.05) is 51.1 Å². The zero-order valence-electron chi connectivity index (χ0n) is 29.6. The summed E-state index contributed by atoms with van der Waals surface area (Å²) in [5.41, 5.74) is 17.1. The van der Waals surface area contributed by atoms with E-state index < -0.39 is 0 Å². The van der Waals surface area contributed by atoms with Crippen LogP contribution in [0.2, 0.25) is 0 Å². The molecule has 0 amide bonds. The minimum Gasteiger partial charge on any atom is -0.456 e. The third-order valence-electron chi connectivity index (χ3n) is 11.0. The number of anilines is 3. The van der Waals surface area contributed by atoms with Gasteiger partial charge >= 0.3 is 0 Å². The lowest BCUT2D eigenvalue weighted by Gasteiger charge is -2.30. The van der Waals surface area contributed by atoms with Crippen LogP contribution in [0.3, 0.4) is 0 Å². The Morgan fingerprint density at radius 2 is 1.11 bits per heavy atom. The summed E-state index contributed by atoms with van der Waals surface area (Å²) in [5, 5.41) is 2.28. The molecule has 1 aliphatic carbocycles. The fourth-order valence-electron chi connectivity index (χ4n) is 8.41. The van der Waals surface area contributed by atoms with Gasteiger partial charge in [0.15, 0.2) is 0 Å². The summed E-state index contributed by atoms with van der Waals surface area (Å²) in [4.78, 5) is 6.94. The molecule has 0 N–H and O–H groups in total. The lowest BCUT2D eigenvalue weighted by Crippen LogP contribution is -2.17. The van der Waals surface area contributed by atoms with Crippen molar-refractivity contribution in [3.05, 3.63) is 193 Å². The second-order valence-electron chi connectivity index (χ2n) is 14.4. The van der Waals surface area contributed by atoms with Crippen LogP contribution in [0.25, 0.3) is 66.4 Å². The molecule has 9 aromatic rings. The molecule has 0 radical (unpaired) electrons. The van der Waals surface area contributed by atoms with E-state index in [-0.39, 0.29) is 5.41 Å². The van der Waals surface area contributed by atoms with Crippen LogP contribution in [0.5, 0.6) is 0 Å². The van der Waals surface area contributed by atoms with E-state index in [4.69, 9.17) is 4.42 Å². The first-order chi connectivity index (χ1) is 26.0. The quantitative estimate of drug-likeness (QED) is 0.175. The predicted octanol–water partition coefficient (Wildman–Crippen LogP) is 13.8. The summed E-state index contributed by atoms with van der Waals surface area (Å²) in [5.74, 6) is 0. The Bertz CT molecular complexity index is 2780. The van der Waals surface area contributed by atoms with Crippen molar-refractivity contribution in [1.29, 1.82) is 0 Å². The van der Waals surface area contributed by atoms with Gasteiger partial charge in [0.25, 0.3) is 0 Å². The number of pyridine rings is 1. The first-order valence-electron chi connectivity index (χ1n) is 18.2. The van der Waals surface area contributed by atoms with Crippen LogP contribution in [0.15, 0.2) is 187 Å². The first kappa shape index (κ1) is 31.1. The molecule has 0 fully saturated rings. The van der Waals surface area contributed by atoms with Gasteiger partial charge in [0.1, 0.15) is 11.2 Å². The number of aromatic nitrogens is 1. The van der Waals surface area contributed by atoms with Crippen molar-refractivity contribution in [3.63, 3.8) is 0 Å². The molecule has 0 unspecified atom stereocenters. The highest BCUT2D eigenvalue weighted by Gasteiger charge is 2.40. The van der Waals surface area contributed by atoms with Crippen LogP contribution in [-0.2, 0) is 5.41 Å². The molecule has 10 rings (SSSR count). The number of hydrogen-bond donors (Lipinski definition) is 0. The summed E-state index contributed by atoms with van der Waals surface area (Å²) in [6.07, 6.45) is 3.83. The topological polar surface area (TPSA) is 29.3 Å². The molecule has 1 aliphatic rings. The Morgan fingerprint density at radius 3 is 1.87 bits per heavy atom. The zero-order chi connectivity index (χ0) is 35.5. The van der Waals surface area contributed by atoms with Crippen LogP contribution in [0.1, 0.15) is 25.0 Å². The molecule has 0 aliphatic heterocycles. The predicted molar refractivity (Wildman–Crippen MR) is 220 cm³/mol. The minimum absolute atomic E-state index is 0.213. The molecule has 2 heterocycles. The fraction of sp³-hybridized carbons (Fsp3) is 0.0600. The normalized spacial score (nSPS) is 12.9. The van der Waals surface area contributed by atoms with Crippen LogP contribution in [0.4, 0.5) is 17.1 Å². The molecule has 0 saturated carbocycles. The van der Waals surface area contributed by atoms with E-state index in [1.54, 1.807) is 0 Å². The van der Waals surface area contributed by atoms with Crippen molar-refractivity contribution in [3.8, 4) is 44.5 Å². The Balaban J connectivity index is 1.15. The molecule has 252 valence electrons. The summed E-state index contributed by atoms with van der Waals surface area (Å²) in [6.45, 7) is 4.71. The summed E-state index contributed by atoms with van der Waals surface area (Å²) < 4.78 is 6.25. The van der Waals surface area contributed by atoms with Gasteiger partial charge in [-0.2, -0.15) is 0 Å². The van der Waals surface area contributed by atoms with Gasteiger partial charge in [-0.15, -0.1) is 0 Å². The van der Waals surface area contributed by atoms with Crippen molar-refractivity contribution < 1.29 is 4.42 Å². The van der Waals surface area contributed by atoms with E-state index in [2.05, 4.69) is 175 Å². The Labute approximate surface area is 309 Å². The maximum Gasteiger partial charge on any atom is 0.136 e. The van der Waals surface area contributed by atoms with Crippen molar-refractivity contribution in [1.82, 2.24) is 4.98 Å². The Morgan fingerprint density at radius 1 is 0.491 bits per heavy atom. The van der Waals surface area contributed by atoms with E-state index in [1.807, 2.05) is 30.6 Å². The molecular formula is C50H36N2O. The number of para-hydroxylation sites is 1. The third kappa shape index (κ3) is 5.08. The molecule has 3 heteroatoms. The summed E-state index contributed by atoms with van der Waals surface area (Å²) in [7, 11) is 0. The van der Waals surface area contributed by atoms with E-state index in [0.717, 1.165) is 55.7 Å². The molecule has 7 aromatic carbocycles. The van der Waals surface area contributed by atoms with Crippen LogP contribution >= 0.6 is 0 Å². The third-order valence-corrected chi connectivity index (χ3v) is 11.0. The monoisotopic (exact) mass is 680 g/mol. The van der Waals surface area contributed by atoms with E-state index >= 15 is 0 Å². The molecule has 2 aromatic heterocycles. The van der Waals surface area contributed by atoms with Gasteiger partial charge < -0.3 is 9.32 Å². The van der Waals surface area contributed by atoms with Crippen LogP contribution < -0.4 is 4.90 Å². The Kier molecular flexibility index (Phi) is 7.16. The second-order valence-corrected chi connectivity index (χ2v) is 14.4. The largest absolute Gasteiger partial charge is 0.456 e. The number of furan rings is 1. The van der Waals surface area contributed by atoms with Crippen molar-refractivity contribution in [2.24, 2.45) is 0 Å². The SMILES string of the molecule is CC1(C)c2ccccc2-c2c(N(c3ccc(-c4ccccc4)cc3)c3ccc(-c4ccc5c(c4)oc4ccccc45)cc3)ccc(-c3cccnc3)c21. The molecule has 3 nitrogen and oxygen atoms in total. The lowest BCUT2D eigenvalue weighted by molar-refractivity contribution is 0.662. The molecule has 0 saturated heterocycles. The molecule has 53 heavy (non-hydrogen) atoms. The highest BCUT2D eigenvalue weighted by Crippen LogP contribution is 2.57. The van der Waals surface area contributed by atoms with Crippen molar-refractivity contribution >= 4 is 39.0 Å². The first-order valence-corrected chi connectivity index (χ1v) is 18.2. The number of rotatable bonds is 6. The lowest BCUT2D eigenvalue weighted by atomic mass is 9.78. The maximum atomic E-state index is 6.25. The fourth-order valence-corrected chi connectivity index (χ4v) is 8.41. The van der Waals surface area contributed by atoms with E-state index in [9.17, 15) is 0 Å². The Hall–Kier alpha value is -6.71. The van der Waals surface area contributed by atoms with E-state index in [1.165, 1.54) is 38.9 Å². The van der Waals surface area contributed by atoms with Gasteiger partial charge in [-0.05, 0) is 99.1 Å². The number of nitrogens with zero attached hydrogens (tertiary/aromatic N) is 2. The van der Waals surface area contributed by atoms with Gasteiger partial charge in [0.05, 0.1) is 5.69 Å². The van der Waals surface area contributed by atoms with Gasteiger partial charge in [-0.25, -0.2) is 0 Å². The summed E-state index contributed by atoms with van der Waals surface area (Å²) >= 11 is 0. The number of hydrogen-bond acceptors (Lipinski definition) is 3. The van der Waals surface area contributed by atoms with Crippen LogP contribution in [0, 0.1) is 0 Å². The molecule has 0 atom stereocenters. The number of fused-ring (bicyclic) bond motifs is 6. The molecule has 0 spiro atoms. The average molecular weight is 681 g/mol. The highest BCUT2D eigenvalue weighted by atomic mass is 16.3. The summed E-state index contributed by atoms with van der Waals surface area (Å²) in [6, 6.07) is 61.0. The van der Waals surface area contributed by atoms with Crippen molar-refractivity contribution in [2.75, 3.05) is 4.90 Å². The van der Waals surface area contributed by atoms with Crippen molar-refractivity contribution in [2.45, 2.75) is 19.3 Å². The molecular weight excluding hydrogens is 645 g/mol. The van der Waals surface area contributed by atoms with Gasteiger partial charge in [-0.3, -0.25) is 4.98 Å². The smallest absolute Gasteiger partial charge is 0.136 e. The van der Waals surface area contributed by atoms with Crippen LogP contribution in [-0.4, -0.2) is 4.98 Å². The number of benzene rings is 7. The maximum absolute atomic E-state index is 6.25. The highest BCUT2D eigenvalue weighted by molar-refractivity contribution is 6.06. The minimum atomic E-state index is -0.213. The zero-order valence-corrected chi connectivity index (χ0v) is 29.6. The van der Waals surface area contributed by atoms with Gasteiger partial charge in [-0.1, -0.05) is 129 Å². The average Bonchev–Trinajstić information content (AvgIpc) is 3.71. The standard InChI is InChI=1S/C50H36N2O/c1-50(2)44-16-8-6-15-43(44)48-45(29-28-40(49(48)50)37-13-10-30-51-32-37)52(38-23-18-34(19-24-38)33-11-4-3-5-12-33)39-25-20-35(21-26-39)36-22-27-42-41-14-7-9-17-46(41)53-47(42)31-36/h3-32H,1-2H3. The van der Waals surface area contributed by atoms with E-state index in [0.29, 0.717) is 0 Å². The van der Waals surface area contributed by atoms with Gasteiger partial charge in [0.2, 0.25) is 0 Å². The molecule has 0 bridgehead atoms.